The summed E-state index contributed by atoms with van der Waals surface area (Å²) in [5.41, 5.74) is 3.38. The maximum absolute atomic E-state index is 11.1. The van der Waals surface area contributed by atoms with Crippen LogP contribution >= 0.6 is 0 Å². The van der Waals surface area contributed by atoms with Gasteiger partial charge in [0.25, 0.3) is 0 Å². The summed E-state index contributed by atoms with van der Waals surface area (Å²) < 4.78 is 2.26. The van der Waals surface area contributed by atoms with E-state index in [0.717, 1.165) is 17.2 Å². The largest absolute Gasteiger partial charge is 0.347 e. The number of carbonyl (C=O) groups excluding carboxylic acids is 1. The monoisotopic (exact) mass is 227 g/mol. The lowest BCUT2D eigenvalue weighted by atomic mass is 10.0. The van der Waals surface area contributed by atoms with Crippen LogP contribution in [-0.4, -0.2) is 10.9 Å². The number of hydrogen-bond donors (Lipinski definition) is 0. The van der Waals surface area contributed by atoms with Crippen molar-refractivity contribution in [2.45, 2.75) is 31.6 Å². The van der Waals surface area contributed by atoms with E-state index in [1.807, 2.05) is 12.1 Å². The first-order valence-corrected chi connectivity index (χ1v) is 6.35. The Balaban J connectivity index is 2.20. The highest BCUT2D eigenvalue weighted by molar-refractivity contribution is 5.97. The van der Waals surface area contributed by atoms with Crippen LogP contribution < -0.4 is 0 Å². The third kappa shape index (κ3) is 1.59. The van der Waals surface area contributed by atoms with Crippen molar-refractivity contribution >= 4 is 17.2 Å². The van der Waals surface area contributed by atoms with Gasteiger partial charge in [0.15, 0.2) is 6.29 Å². The SMILES string of the molecule is Cn1c(C2CCCC2)cc2c(C=O)cccc21. The molecule has 1 aliphatic rings. The normalized spacial score (nSPS) is 16.8. The van der Waals surface area contributed by atoms with Crippen molar-refractivity contribution in [1.29, 1.82) is 0 Å². The molecule has 1 fully saturated rings. The number of carbonyl (C=O) groups is 1. The van der Waals surface area contributed by atoms with E-state index in [2.05, 4.69) is 23.7 Å². The molecule has 0 amide bonds. The number of rotatable bonds is 2. The van der Waals surface area contributed by atoms with Gasteiger partial charge in [-0.25, -0.2) is 0 Å². The van der Waals surface area contributed by atoms with Crippen LogP contribution in [0.15, 0.2) is 24.3 Å². The number of aromatic nitrogens is 1. The summed E-state index contributed by atoms with van der Waals surface area (Å²) in [6, 6.07) is 8.17. The zero-order valence-electron chi connectivity index (χ0n) is 10.1. The smallest absolute Gasteiger partial charge is 0.150 e. The Kier molecular flexibility index (Phi) is 2.50. The van der Waals surface area contributed by atoms with Crippen LogP contribution in [0.4, 0.5) is 0 Å². The van der Waals surface area contributed by atoms with Gasteiger partial charge in [0.1, 0.15) is 0 Å². The second-order valence-electron chi connectivity index (χ2n) is 5.01. The molecule has 0 bridgehead atoms. The maximum Gasteiger partial charge on any atom is 0.150 e. The fraction of sp³-hybridized carbons (Fsp3) is 0.400. The molecule has 2 nitrogen and oxygen atoms in total. The van der Waals surface area contributed by atoms with Crippen molar-refractivity contribution in [1.82, 2.24) is 4.57 Å². The summed E-state index contributed by atoms with van der Waals surface area (Å²) in [5.74, 6) is 0.687. The van der Waals surface area contributed by atoms with Gasteiger partial charge in [0.2, 0.25) is 0 Å². The molecule has 88 valence electrons. The van der Waals surface area contributed by atoms with E-state index in [0.29, 0.717) is 5.92 Å². The standard InChI is InChI=1S/C15H17NO/c1-16-14-8-4-7-12(10-17)13(14)9-15(16)11-5-2-3-6-11/h4,7-11H,2-3,5-6H2,1H3. The highest BCUT2D eigenvalue weighted by Gasteiger charge is 2.21. The number of nitrogens with zero attached hydrogens (tertiary/aromatic N) is 1. The molecule has 0 radical (unpaired) electrons. The van der Waals surface area contributed by atoms with E-state index >= 15 is 0 Å². The third-order valence-electron chi connectivity index (χ3n) is 4.06. The second kappa shape index (κ2) is 4.02. The molecule has 0 saturated heterocycles. The summed E-state index contributed by atoms with van der Waals surface area (Å²) in [5, 5.41) is 1.10. The molecule has 3 rings (SSSR count). The van der Waals surface area contributed by atoms with Crippen molar-refractivity contribution in [2.75, 3.05) is 0 Å². The van der Waals surface area contributed by atoms with Crippen LogP contribution in [0.25, 0.3) is 10.9 Å². The van der Waals surface area contributed by atoms with E-state index in [1.165, 1.54) is 36.9 Å². The van der Waals surface area contributed by atoms with E-state index in [4.69, 9.17) is 0 Å². The summed E-state index contributed by atoms with van der Waals surface area (Å²) in [7, 11) is 2.12. The number of benzene rings is 1. The first-order chi connectivity index (χ1) is 8.31. The number of hydrogen-bond acceptors (Lipinski definition) is 1. The summed E-state index contributed by atoms with van der Waals surface area (Å²) in [4.78, 5) is 11.1. The first-order valence-electron chi connectivity index (χ1n) is 6.35. The molecule has 1 saturated carbocycles. The van der Waals surface area contributed by atoms with Crippen LogP contribution in [0, 0.1) is 0 Å². The van der Waals surface area contributed by atoms with Crippen LogP contribution in [0.5, 0.6) is 0 Å². The van der Waals surface area contributed by atoms with Crippen LogP contribution in [0.2, 0.25) is 0 Å². The highest BCUT2D eigenvalue weighted by Crippen LogP contribution is 2.36. The van der Waals surface area contributed by atoms with Gasteiger partial charge in [0.05, 0.1) is 0 Å². The Morgan fingerprint density at radius 1 is 1.29 bits per heavy atom. The zero-order chi connectivity index (χ0) is 11.8. The van der Waals surface area contributed by atoms with Gasteiger partial charge >= 0.3 is 0 Å². The lowest BCUT2D eigenvalue weighted by molar-refractivity contribution is 0.112. The molecule has 2 heteroatoms. The molecule has 1 aliphatic carbocycles. The van der Waals surface area contributed by atoms with Crippen LogP contribution in [-0.2, 0) is 7.05 Å². The minimum atomic E-state index is 0.687. The van der Waals surface area contributed by atoms with Gasteiger partial charge in [-0.2, -0.15) is 0 Å². The summed E-state index contributed by atoms with van der Waals surface area (Å²) in [6.45, 7) is 0. The van der Waals surface area contributed by atoms with Crippen molar-refractivity contribution in [3.63, 3.8) is 0 Å². The molecule has 2 aromatic rings. The maximum atomic E-state index is 11.1. The predicted molar refractivity (Wildman–Crippen MR) is 69.5 cm³/mol. The average molecular weight is 227 g/mol. The Bertz CT molecular complexity index is 562. The second-order valence-corrected chi connectivity index (χ2v) is 5.01. The minimum absolute atomic E-state index is 0.687. The van der Waals surface area contributed by atoms with Gasteiger partial charge in [-0.1, -0.05) is 25.0 Å². The van der Waals surface area contributed by atoms with Gasteiger partial charge in [-0.15, -0.1) is 0 Å². The molecule has 0 atom stereocenters. The van der Waals surface area contributed by atoms with E-state index in [9.17, 15) is 4.79 Å². The van der Waals surface area contributed by atoms with Gasteiger partial charge in [-0.3, -0.25) is 4.79 Å². The molecule has 0 N–H and O–H groups in total. The average Bonchev–Trinajstić information content (AvgIpc) is 2.97. The van der Waals surface area contributed by atoms with Gasteiger partial charge < -0.3 is 4.57 Å². The van der Waals surface area contributed by atoms with Crippen molar-refractivity contribution in [3.05, 3.63) is 35.5 Å². The van der Waals surface area contributed by atoms with Crippen LogP contribution in [0.3, 0.4) is 0 Å². The van der Waals surface area contributed by atoms with Gasteiger partial charge in [0, 0.05) is 29.2 Å². The lowest BCUT2D eigenvalue weighted by Crippen LogP contribution is -2.00. The van der Waals surface area contributed by atoms with Crippen molar-refractivity contribution in [3.8, 4) is 0 Å². The van der Waals surface area contributed by atoms with E-state index in [1.54, 1.807) is 0 Å². The number of aryl methyl sites for hydroxylation is 1. The molecular formula is C15H17NO. The van der Waals surface area contributed by atoms with Crippen LogP contribution in [0.1, 0.15) is 47.7 Å². The van der Waals surface area contributed by atoms with E-state index < -0.39 is 0 Å². The fourth-order valence-corrected chi connectivity index (χ4v) is 3.12. The summed E-state index contributed by atoms with van der Waals surface area (Å²) in [6.07, 6.45) is 6.22. The number of fused-ring (bicyclic) bond motifs is 1. The molecule has 1 heterocycles. The molecule has 1 aromatic heterocycles. The van der Waals surface area contributed by atoms with E-state index in [-0.39, 0.29) is 0 Å². The molecule has 1 aromatic carbocycles. The lowest BCUT2D eigenvalue weighted by Gasteiger charge is -2.10. The Morgan fingerprint density at radius 3 is 2.76 bits per heavy atom. The molecule has 0 unspecified atom stereocenters. The number of aldehydes is 1. The Morgan fingerprint density at radius 2 is 2.06 bits per heavy atom. The topological polar surface area (TPSA) is 22.0 Å². The Labute approximate surface area is 101 Å². The van der Waals surface area contributed by atoms with Crippen molar-refractivity contribution in [2.24, 2.45) is 7.05 Å². The highest BCUT2D eigenvalue weighted by atomic mass is 16.1. The molecule has 0 spiro atoms. The predicted octanol–water partition coefficient (Wildman–Crippen LogP) is 3.65. The third-order valence-corrected chi connectivity index (χ3v) is 4.06. The van der Waals surface area contributed by atoms with Gasteiger partial charge in [-0.05, 0) is 30.9 Å². The minimum Gasteiger partial charge on any atom is -0.347 e. The van der Waals surface area contributed by atoms with Crippen molar-refractivity contribution < 1.29 is 4.79 Å². The summed E-state index contributed by atoms with van der Waals surface area (Å²) >= 11 is 0. The first kappa shape index (κ1) is 10.6. The molecular weight excluding hydrogens is 210 g/mol. The fourth-order valence-electron chi connectivity index (χ4n) is 3.12. The Hall–Kier alpha value is -1.57. The zero-order valence-corrected chi connectivity index (χ0v) is 10.1. The quantitative estimate of drug-likeness (QED) is 0.718. The molecule has 0 aliphatic heterocycles. The molecule has 17 heavy (non-hydrogen) atoms.